The molecule has 0 saturated heterocycles. The predicted octanol–water partition coefficient (Wildman–Crippen LogP) is 3.81. The Bertz CT molecular complexity index is 1210. The Hall–Kier alpha value is -4.66. The van der Waals surface area contributed by atoms with Gasteiger partial charge in [0.25, 0.3) is 5.91 Å². The molecular weight excluding hydrogens is 458 g/mol. The molecule has 0 spiro atoms. The molecule has 0 fully saturated rings. The highest BCUT2D eigenvalue weighted by Gasteiger charge is 2.04. The molecule has 3 rings (SSSR count). The number of nitrogens with one attached hydrogen (secondary N) is 3. The molecule has 0 aliphatic heterocycles. The molecule has 0 bridgehead atoms. The minimum Gasteiger partial charge on any atom is -0.497 e. The summed E-state index contributed by atoms with van der Waals surface area (Å²) in [5.41, 5.74) is 8.00. The van der Waals surface area contributed by atoms with Gasteiger partial charge in [-0.25, -0.2) is 10.9 Å². The van der Waals surface area contributed by atoms with Crippen LogP contribution < -0.4 is 25.6 Å². The maximum absolute atomic E-state index is 12.3. The zero-order valence-corrected chi connectivity index (χ0v) is 20.2. The van der Waals surface area contributed by atoms with Gasteiger partial charge in [0.1, 0.15) is 11.5 Å². The molecule has 9 heteroatoms. The maximum atomic E-state index is 12.3. The first-order valence-electron chi connectivity index (χ1n) is 11.3. The van der Waals surface area contributed by atoms with Gasteiger partial charge in [-0.05, 0) is 66.1 Å². The monoisotopic (exact) mass is 487 g/mol. The van der Waals surface area contributed by atoms with Crippen molar-refractivity contribution in [2.24, 2.45) is 10.2 Å². The predicted molar refractivity (Wildman–Crippen MR) is 141 cm³/mol. The van der Waals surface area contributed by atoms with Gasteiger partial charge in [0.2, 0.25) is 5.91 Å². The minimum absolute atomic E-state index is 0.169. The lowest BCUT2D eigenvalue weighted by Gasteiger charge is -2.07. The van der Waals surface area contributed by atoms with Gasteiger partial charge in [0.05, 0.1) is 26.6 Å². The maximum Gasteiger partial charge on any atom is 0.271 e. The first-order valence-corrected chi connectivity index (χ1v) is 11.3. The molecule has 0 aliphatic carbocycles. The number of hydrogen-bond acceptors (Lipinski definition) is 7. The van der Waals surface area contributed by atoms with Crippen LogP contribution in [0.5, 0.6) is 11.5 Å². The third-order valence-electron chi connectivity index (χ3n) is 5.03. The summed E-state index contributed by atoms with van der Waals surface area (Å²) in [6.45, 7) is 0.601. The lowest BCUT2D eigenvalue weighted by molar-refractivity contribution is -0.121. The number of anilines is 1. The topological polar surface area (TPSA) is 113 Å². The van der Waals surface area contributed by atoms with Gasteiger partial charge in [0.15, 0.2) is 0 Å². The zero-order chi connectivity index (χ0) is 25.6. The fourth-order valence-corrected chi connectivity index (χ4v) is 3.13. The summed E-state index contributed by atoms with van der Waals surface area (Å²) in [6, 6.07) is 21.8. The third kappa shape index (κ3) is 8.60. The highest BCUT2D eigenvalue weighted by Crippen LogP contribution is 2.12. The quantitative estimate of drug-likeness (QED) is 0.204. The van der Waals surface area contributed by atoms with E-state index >= 15 is 0 Å². The molecule has 0 atom stereocenters. The third-order valence-corrected chi connectivity index (χ3v) is 5.03. The van der Waals surface area contributed by atoms with E-state index in [1.165, 1.54) is 0 Å². The average Bonchev–Trinajstić information content (AvgIpc) is 2.91. The molecule has 36 heavy (non-hydrogen) atoms. The standard InChI is InChI=1S/C27H29N5O4/c1-35-24-8-3-6-20(16-24)18-29-31-26(33)10-5-15-28-23-13-11-22(12-14-23)27(34)32-30-19-21-7-4-9-25(17-21)36-2/h3-4,6-9,11-14,16-19,28H,5,10,15H2,1-2H3,(H,31,33)(H,32,34). The fraction of sp³-hybridized carbons (Fsp3) is 0.185. The Morgan fingerprint density at radius 2 is 1.39 bits per heavy atom. The van der Waals surface area contributed by atoms with Crippen molar-refractivity contribution in [2.45, 2.75) is 12.8 Å². The van der Waals surface area contributed by atoms with Crippen LogP contribution in [0.25, 0.3) is 0 Å². The Morgan fingerprint density at radius 1 is 0.806 bits per heavy atom. The molecule has 3 aromatic rings. The molecule has 0 heterocycles. The van der Waals surface area contributed by atoms with Gasteiger partial charge in [0, 0.05) is 24.2 Å². The van der Waals surface area contributed by atoms with E-state index in [1.54, 1.807) is 50.9 Å². The summed E-state index contributed by atoms with van der Waals surface area (Å²) < 4.78 is 10.3. The minimum atomic E-state index is -0.313. The first-order chi connectivity index (χ1) is 17.6. The summed E-state index contributed by atoms with van der Waals surface area (Å²) >= 11 is 0. The Kier molecular flexibility index (Phi) is 10.0. The number of nitrogens with zero attached hydrogens (tertiary/aromatic N) is 2. The smallest absolute Gasteiger partial charge is 0.271 e. The van der Waals surface area contributed by atoms with Crippen LogP contribution in [-0.4, -0.2) is 45.0 Å². The number of carbonyl (C=O) groups excluding carboxylic acids is 2. The molecular formula is C27H29N5O4. The number of ether oxygens (including phenoxy) is 2. The van der Waals surface area contributed by atoms with E-state index in [-0.39, 0.29) is 11.8 Å². The molecule has 0 unspecified atom stereocenters. The normalized spacial score (nSPS) is 10.8. The van der Waals surface area contributed by atoms with Crippen molar-refractivity contribution >= 4 is 29.9 Å². The van der Waals surface area contributed by atoms with E-state index in [2.05, 4.69) is 26.4 Å². The van der Waals surface area contributed by atoms with Crippen molar-refractivity contribution in [3.8, 4) is 11.5 Å². The van der Waals surface area contributed by atoms with Crippen LogP contribution in [0, 0.1) is 0 Å². The van der Waals surface area contributed by atoms with E-state index < -0.39 is 0 Å². The number of carbonyl (C=O) groups is 2. The lowest BCUT2D eigenvalue weighted by atomic mass is 10.2. The largest absolute Gasteiger partial charge is 0.497 e. The Labute approximate surface area is 210 Å². The van der Waals surface area contributed by atoms with E-state index in [9.17, 15) is 9.59 Å². The van der Waals surface area contributed by atoms with E-state index in [4.69, 9.17) is 9.47 Å². The number of methoxy groups -OCH3 is 2. The summed E-state index contributed by atoms with van der Waals surface area (Å²) in [4.78, 5) is 24.2. The molecule has 0 saturated carbocycles. The number of amides is 2. The molecule has 3 aromatic carbocycles. The van der Waals surface area contributed by atoms with Crippen molar-refractivity contribution in [3.05, 3.63) is 89.5 Å². The van der Waals surface area contributed by atoms with Crippen molar-refractivity contribution in [1.82, 2.24) is 10.9 Å². The molecule has 3 N–H and O–H groups in total. The number of hydrogen-bond donors (Lipinski definition) is 3. The van der Waals surface area contributed by atoms with Gasteiger partial charge in [-0.15, -0.1) is 0 Å². The van der Waals surface area contributed by atoms with Gasteiger partial charge in [-0.1, -0.05) is 24.3 Å². The van der Waals surface area contributed by atoms with Gasteiger partial charge >= 0.3 is 0 Å². The second kappa shape index (κ2) is 13.9. The summed E-state index contributed by atoms with van der Waals surface area (Å²) in [5, 5.41) is 11.2. The number of rotatable bonds is 12. The van der Waals surface area contributed by atoms with Crippen molar-refractivity contribution in [3.63, 3.8) is 0 Å². The van der Waals surface area contributed by atoms with Crippen molar-refractivity contribution < 1.29 is 19.1 Å². The van der Waals surface area contributed by atoms with Crippen molar-refractivity contribution in [2.75, 3.05) is 26.1 Å². The molecule has 0 radical (unpaired) electrons. The molecule has 0 aliphatic rings. The fourth-order valence-electron chi connectivity index (χ4n) is 3.13. The highest BCUT2D eigenvalue weighted by atomic mass is 16.5. The Balaban J connectivity index is 1.35. The van der Waals surface area contributed by atoms with E-state index in [1.807, 2.05) is 48.5 Å². The molecule has 9 nitrogen and oxygen atoms in total. The highest BCUT2D eigenvalue weighted by molar-refractivity contribution is 5.95. The van der Waals surface area contributed by atoms with Gasteiger partial charge < -0.3 is 14.8 Å². The van der Waals surface area contributed by atoms with Crippen LogP contribution >= 0.6 is 0 Å². The van der Waals surface area contributed by atoms with Crippen LogP contribution in [0.1, 0.15) is 34.3 Å². The van der Waals surface area contributed by atoms with E-state index in [0.29, 0.717) is 30.7 Å². The van der Waals surface area contributed by atoms with Crippen LogP contribution in [0.3, 0.4) is 0 Å². The second-order valence-electron chi connectivity index (χ2n) is 7.65. The number of benzene rings is 3. The summed E-state index contributed by atoms with van der Waals surface area (Å²) in [7, 11) is 3.19. The van der Waals surface area contributed by atoms with Gasteiger partial charge in [-0.2, -0.15) is 10.2 Å². The summed E-state index contributed by atoms with van der Waals surface area (Å²) in [5.74, 6) is 0.958. The van der Waals surface area contributed by atoms with E-state index in [0.717, 1.165) is 22.6 Å². The first kappa shape index (κ1) is 26.0. The number of hydrazone groups is 2. The average molecular weight is 488 g/mol. The zero-order valence-electron chi connectivity index (χ0n) is 20.2. The molecule has 186 valence electrons. The SMILES string of the molecule is COc1cccc(C=NNC(=O)CCCNc2ccc(C(=O)NN=Cc3cccc(OC)c3)cc2)c1. The van der Waals surface area contributed by atoms with Gasteiger partial charge in [-0.3, -0.25) is 9.59 Å². The molecule has 0 aromatic heterocycles. The second-order valence-corrected chi connectivity index (χ2v) is 7.65. The van der Waals surface area contributed by atoms with Crippen LogP contribution in [-0.2, 0) is 4.79 Å². The van der Waals surface area contributed by atoms with Crippen LogP contribution in [0.15, 0.2) is 83.0 Å². The van der Waals surface area contributed by atoms with Crippen LogP contribution in [0.4, 0.5) is 5.69 Å². The molecule has 2 amide bonds. The summed E-state index contributed by atoms with van der Waals surface area (Å²) in [6.07, 6.45) is 4.08. The van der Waals surface area contributed by atoms with Crippen molar-refractivity contribution in [1.29, 1.82) is 0 Å². The lowest BCUT2D eigenvalue weighted by Crippen LogP contribution is -2.18. The van der Waals surface area contributed by atoms with Crippen LogP contribution in [0.2, 0.25) is 0 Å². The Morgan fingerprint density at radius 3 is 1.97 bits per heavy atom.